The van der Waals surface area contributed by atoms with Crippen molar-refractivity contribution < 1.29 is 49.3 Å². The van der Waals surface area contributed by atoms with Crippen LogP contribution in [0.25, 0.3) is 11.0 Å². The number of nitrogens with one attached hydrogen (secondary N) is 3. The number of ether oxygens (including phenoxy) is 2. The molecule has 1 aromatic heterocycles. The lowest BCUT2D eigenvalue weighted by molar-refractivity contribution is -0.171. The predicted octanol–water partition coefficient (Wildman–Crippen LogP) is 6.34. The predicted molar refractivity (Wildman–Crippen MR) is 278 cm³/mol. The Morgan fingerprint density at radius 2 is 1.86 bits per heavy atom. The quantitative estimate of drug-likeness (QED) is 0.0649. The lowest BCUT2D eigenvalue weighted by Gasteiger charge is -2.52. The van der Waals surface area contributed by atoms with Crippen molar-refractivity contribution in [1.82, 2.24) is 16.0 Å². The summed E-state index contributed by atoms with van der Waals surface area (Å²) >= 11 is 0. The average Bonchev–Trinajstić information content (AvgIpc) is 3.71. The van der Waals surface area contributed by atoms with Gasteiger partial charge in [-0.2, -0.15) is 0 Å². The number of benzene rings is 3. The zero-order valence-corrected chi connectivity index (χ0v) is 42.2. The number of aliphatic hydroxyl groups excluding tert-OH is 3. The van der Waals surface area contributed by atoms with Crippen molar-refractivity contribution in [2.24, 2.45) is 23.5 Å². The number of phenolic OH excluding ortho intramolecular Hbond substituents is 2. The summed E-state index contributed by atoms with van der Waals surface area (Å²) in [7, 11) is 0. The van der Waals surface area contributed by atoms with Gasteiger partial charge in [0.1, 0.15) is 58.1 Å². The first-order valence-corrected chi connectivity index (χ1v) is 26.4. The number of rotatable bonds is 9. The number of hydrogen-bond donors (Lipinski definition) is 10. The molecule has 15 nitrogen and oxygen atoms in total. The number of aliphatic hydroxyl groups is 4. The van der Waals surface area contributed by atoms with Gasteiger partial charge >= 0.3 is 5.97 Å². The minimum absolute atomic E-state index is 0.0162. The molecule has 0 saturated heterocycles. The molecule has 15 heteroatoms. The molecule has 11 rings (SSSR count). The van der Waals surface area contributed by atoms with E-state index in [2.05, 4.69) is 41.2 Å². The van der Waals surface area contributed by atoms with Gasteiger partial charge in [-0.1, -0.05) is 49.4 Å². The van der Waals surface area contributed by atoms with Gasteiger partial charge in [0, 0.05) is 54.1 Å². The molecule has 10 atom stereocenters. The van der Waals surface area contributed by atoms with Gasteiger partial charge in [-0.15, -0.1) is 0 Å². The fraction of sp³-hybridized carbons (Fsp3) is 0.458. The van der Waals surface area contributed by atoms with E-state index in [0.717, 1.165) is 52.4 Å². The van der Waals surface area contributed by atoms with E-state index in [-0.39, 0.29) is 82.7 Å². The summed E-state index contributed by atoms with van der Waals surface area (Å²) in [6.45, 7) is 5.71. The van der Waals surface area contributed by atoms with Gasteiger partial charge in [0.15, 0.2) is 5.43 Å². The Labute approximate surface area is 430 Å². The van der Waals surface area contributed by atoms with Crippen LogP contribution in [0.5, 0.6) is 17.2 Å². The van der Waals surface area contributed by atoms with Crippen molar-refractivity contribution in [2.45, 2.75) is 133 Å². The molecule has 390 valence electrons. The minimum atomic E-state index is -1.55. The third-order valence-corrected chi connectivity index (χ3v) is 17.8. The van der Waals surface area contributed by atoms with E-state index in [1.165, 1.54) is 5.57 Å². The van der Waals surface area contributed by atoms with Gasteiger partial charge in [-0.25, -0.2) is 4.79 Å². The molecule has 1 unspecified atom stereocenters. The third kappa shape index (κ3) is 8.22. The smallest absolute Gasteiger partial charge is 0.337 e. The Bertz CT molecular complexity index is 3150. The summed E-state index contributed by atoms with van der Waals surface area (Å²) in [5, 5.41) is 79.2. The molecule has 5 heterocycles. The fourth-order valence-corrected chi connectivity index (χ4v) is 14.3. The molecule has 3 aromatic carbocycles. The van der Waals surface area contributed by atoms with E-state index in [1.54, 1.807) is 25.1 Å². The molecular formula is C59H68N4O11. The first-order valence-electron chi connectivity index (χ1n) is 26.4. The summed E-state index contributed by atoms with van der Waals surface area (Å²) < 4.78 is 21.2. The number of fused-ring (bicyclic) bond motifs is 9. The molecule has 0 amide bonds. The van der Waals surface area contributed by atoms with E-state index < -0.39 is 65.4 Å². The van der Waals surface area contributed by atoms with E-state index in [4.69, 9.17) is 19.6 Å². The monoisotopic (exact) mass is 1010 g/mol. The molecule has 0 radical (unpaired) electrons. The Kier molecular flexibility index (Phi) is 13.1. The highest BCUT2D eigenvalue weighted by Gasteiger charge is 2.58. The fourth-order valence-electron chi connectivity index (χ4n) is 14.3. The van der Waals surface area contributed by atoms with E-state index >= 15 is 4.79 Å². The Balaban J connectivity index is 1.16. The van der Waals surface area contributed by atoms with Crippen molar-refractivity contribution in [3.8, 4) is 17.2 Å². The SMILES string of the molecule is C/C=C(\C(=O)O[C@@H]1Cc2c3c(c4oc(CO)cc(=O)c4c2O)[C@H]2C4=CCNC(N)=C4[C@@H](CCc4ccc(O)cc4[C@H]2CO)[C@H]2CCC4=CC(NCC)NC=C4C[C@@H]2[C@]1(C)O3)[C@@]1(O)CC[C@H](c2cccc(CO)c2)C1. The van der Waals surface area contributed by atoms with Gasteiger partial charge in [0.2, 0.25) is 0 Å². The second-order valence-electron chi connectivity index (χ2n) is 21.7. The Morgan fingerprint density at radius 3 is 2.64 bits per heavy atom. The number of esters is 1. The molecule has 7 aliphatic rings. The standard InChI is InChI=1S/C59H68N4O11/c1-4-44(59(71)17-15-34(25-59)32-8-6-7-30(19-32)27-64)57(70)73-47-24-42-53(69)51-46(68)23-37(28-65)72-55(51)52-49-40-16-18-62-56(60)50(40)39(14-10-31-9-12-36(67)22-41(31)43(49)29-66)38-13-11-33-21-48(61-5-2)63-26-35(33)20-45(38)58(47,3)74-54(42)52/h4,6-9,12,16,19,21-23,26,34,38-39,43,45,47-49,61-67,69,71H,5,10-11,13-15,17-18,20,24-25,27-29,60H2,1-3H3/b44-4+/t34-,38+,39-,43+,45-,47+,48?,49-,58-,59+/m0/s1. The molecule has 2 saturated carbocycles. The normalized spacial score (nSPS) is 30.3. The first kappa shape index (κ1) is 49.8. The number of aryl methyl sites for hydroxylation is 1. The van der Waals surface area contributed by atoms with Crippen molar-refractivity contribution in [2.75, 3.05) is 19.7 Å². The number of nitrogens with two attached hydrogens (primary N) is 1. The molecule has 4 bridgehead atoms. The van der Waals surface area contributed by atoms with Crippen LogP contribution in [0.1, 0.15) is 123 Å². The van der Waals surface area contributed by atoms with Crippen molar-refractivity contribution in [3.05, 3.63) is 156 Å². The van der Waals surface area contributed by atoms with Crippen LogP contribution in [0.3, 0.4) is 0 Å². The zero-order chi connectivity index (χ0) is 51.8. The maximum absolute atomic E-state index is 15.3. The van der Waals surface area contributed by atoms with Crippen LogP contribution in [0, 0.1) is 17.8 Å². The number of allylic oxidation sites excluding steroid dienone is 5. The molecule has 3 aliphatic carbocycles. The number of likely N-dealkylation sites (N-methyl/N-ethyl adjacent to an activating group) is 1. The zero-order valence-electron chi connectivity index (χ0n) is 42.2. The summed E-state index contributed by atoms with van der Waals surface area (Å²) in [5.41, 5.74) is 11.7. The largest absolute Gasteiger partial charge is 0.508 e. The highest BCUT2D eigenvalue weighted by atomic mass is 16.6. The second kappa shape index (κ2) is 19.4. The summed E-state index contributed by atoms with van der Waals surface area (Å²) in [6, 6.07) is 14.1. The maximum atomic E-state index is 15.3. The van der Waals surface area contributed by atoms with Crippen molar-refractivity contribution in [1.29, 1.82) is 0 Å². The van der Waals surface area contributed by atoms with Gasteiger partial charge in [0.05, 0.1) is 30.6 Å². The van der Waals surface area contributed by atoms with Crippen LogP contribution in [0.15, 0.2) is 116 Å². The molecule has 11 N–H and O–H groups in total. The lowest BCUT2D eigenvalue weighted by Crippen LogP contribution is -2.59. The van der Waals surface area contributed by atoms with Crippen LogP contribution in [-0.4, -0.2) is 79.8 Å². The van der Waals surface area contributed by atoms with Gasteiger partial charge in [-0.05, 0) is 152 Å². The van der Waals surface area contributed by atoms with Crippen molar-refractivity contribution >= 4 is 16.9 Å². The molecule has 4 aromatic rings. The number of aromatic hydroxyl groups is 2. The number of carbonyl (C=O) groups is 1. The third-order valence-electron chi connectivity index (χ3n) is 17.8. The second-order valence-corrected chi connectivity index (χ2v) is 21.7. The maximum Gasteiger partial charge on any atom is 0.337 e. The summed E-state index contributed by atoms with van der Waals surface area (Å²) in [5.74, 6) is -3.12. The average molecular weight is 1010 g/mol. The highest BCUT2D eigenvalue weighted by molar-refractivity contribution is 5.93. The molecule has 0 spiro atoms. The number of dihydropyridines is 2. The molecule has 4 aliphatic heterocycles. The van der Waals surface area contributed by atoms with Crippen LogP contribution >= 0.6 is 0 Å². The first-order chi connectivity index (χ1) is 35.7. The van der Waals surface area contributed by atoms with Gasteiger partial charge in [0.25, 0.3) is 0 Å². The number of hydrogen-bond acceptors (Lipinski definition) is 15. The highest BCUT2D eigenvalue weighted by Crippen LogP contribution is 2.61. The van der Waals surface area contributed by atoms with Crippen LogP contribution < -0.4 is 31.8 Å². The number of carbonyl (C=O) groups excluding carboxylic acids is 1. The Morgan fingerprint density at radius 1 is 1.03 bits per heavy atom. The lowest BCUT2D eigenvalue weighted by atomic mass is 9.61. The van der Waals surface area contributed by atoms with Crippen LogP contribution in [0.4, 0.5) is 0 Å². The van der Waals surface area contributed by atoms with E-state index in [0.29, 0.717) is 62.0 Å². The van der Waals surface area contributed by atoms with Gasteiger partial charge in [-0.3, -0.25) is 10.1 Å². The van der Waals surface area contributed by atoms with Crippen LogP contribution in [0.2, 0.25) is 0 Å². The van der Waals surface area contributed by atoms with E-state index in [9.17, 15) is 35.4 Å². The van der Waals surface area contributed by atoms with Crippen molar-refractivity contribution in [3.63, 3.8) is 0 Å². The molecule has 74 heavy (non-hydrogen) atoms. The molecular weight excluding hydrogens is 941 g/mol. The van der Waals surface area contributed by atoms with Gasteiger partial charge < -0.3 is 60.9 Å². The topological polar surface area (TPSA) is 249 Å². The number of phenols is 2. The minimum Gasteiger partial charge on any atom is -0.508 e. The molecule has 2 fully saturated rings. The summed E-state index contributed by atoms with van der Waals surface area (Å²) in [4.78, 5) is 29.8. The van der Waals surface area contributed by atoms with E-state index in [1.807, 2.05) is 37.3 Å². The Hall–Kier alpha value is -6.36. The summed E-state index contributed by atoms with van der Waals surface area (Å²) in [6.07, 6.45) is 10.9. The van der Waals surface area contributed by atoms with Crippen LogP contribution in [-0.2, 0) is 35.6 Å².